The molecule has 0 amide bonds. The smallest absolute Gasteiger partial charge is 0.0260 e. The van der Waals surface area contributed by atoms with Crippen LogP contribution in [0.2, 0.25) is 0 Å². The van der Waals surface area contributed by atoms with Crippen LogP contribution in [0.15, 0.2) is 30.3 Å². The van der Waals surface area contributed by atoms with Gasteiger partial charge in [0.15, 0.2) is 0 Å². The predicted molar refractivity (Wildman–Crippen MR) is 61.8 cm³/mol. The van der Waals surface area contributed by atoms with Crippen molar-refractivity contribution < 1.29 is 0 Å². The van der Waals surface area contributed by atoms with Crippen molar-refractivity contribution in [3.05, 3.63) is 35.9 Å². The fourth-order valence-corrected chi connectivity index (χ4v) is 3.07. The standard InChI is InChI=1S/C13H17Cl/c1-10(2)13(8-12(13)9-14)11-6-4-3-5-7-11/h3-7,10,12H,8-9H2,1-2H3. The maximum Gasteiger partial charge on any atom is 0.0260 e. The van der Waals surface area contributed by atoms with Crippen LogP contribution in [0.1, 0.15) is 25.8 Å². The SMILES string of the molecule is CC(C)C1(c2ccccc2)CC1CCl. The maximum atomic E-state index is 5.98. The van der Waals surface area contributed by atoms with E-state index in [-0.39, 0.29) is 0 Å². The molecule has 1 aromatic rings. The van der Waals surface area contributed by atoms with Crippen molar-refractivity contribution >= 4 is 11.6 Å². The second kappa shape index (κ2) is 3.58. The van der Waals surface area contributed by atoms with Crippen molar-refractivity contribution in [1.82, 2.24) is 0 Å². The van der Waals surface area contributed by atoms with Gasteiger partial charge in [0, 0.05) is 11.3 Å². The monoisotopic (exact) mass is 208 g/mol. The lowest BCUT2D eigenvalue weighted by atomic mass is 9.83. The van der Waals surface area contributed by atoms with Gasteiger partial charge in [-0.2, -0.15) is 0 Å². The first-order chi connectivity index (χ1) is 6.71. The highest BCUT2D eigenvalue weighted by molar-refractivity contribution is 6.18. The lowest BCUT2D eigenvalue weighted by molar-refractivity contribution is 0.451. The third kappa shape index (κ3) is 1.37. The summed E-state index contributed by atoms with van der Waals surface area (Å²) in [5.74, 6) is 2.17. The van der Waals surface area contributed by atoms with Gasteiger partial charge < -0.3 is 0 Å². The third-order valence-corrected chi connectivity index (χ3v) is 4.05. The molecule has 1 saturated carbocycles. The lowest BCUT2D eigenvalue weighted by Crippen LogP contribution is -2.18. The van der Waals surface area contributed by atoms with Crippen LogP contribution in [-0.2, 0) is 5.41 Å². The van der Waals surface area contributed by atoms with Crippen LogP contribution in [0, 0.1) is 11.8 Å². The normalized spacial score (nSPS) is 30.7. The molecule has 2 rings (SSSR count). The van der Waals surface area contributed by atoms with Gasteiger partial charge in [-0.25, -0.2) is 0 Å². The van der Waals surface area contributed by atoms with Gasteiger partial charge in [0.25, 0.3) is 0 Å². The summed E-state index contributed by atoms with van der Waals surface area (Å²) in [6, 6.07) is 10.8. The van der Waals surface area contributed by atoms with Gasteiger partial charge >= 0.3 is 0 Å². The van der Waals surface area contributed by atoms with Crippen molar-refractivity contribution in [1.29, 1.82) is 0 Å². The lowest BCUT2D eigenvalue weighted by Gasteiger charge is -2.22. The zero-order valence-corrected chi connectivity index (χ0v) is 9.59. The van der Waals surface area contributed by atoms with E-state index in [9.17, 15) is 0 Å². The Morgan fingerprint density at radius 2 is 2.00 bits per heavy atom. The molecule has 0 bridgehead atoms. The summed E-state index contributed by atoms with van der Waals surface area (Å²) in [7, 11) is 0. The van der Waals surface area contributed by atoms with Crippen LogP contribution >= 0.6 is 11.6 Å². The van der Waals surface area contributed by atoms with Crippen molar-refractivity contribution in [2.75, 3.05) is 5.88 Å². The van der Waals surface area contributed by atoms with Crippen LogP contribution < -0.4 is 0 Å². The average molecular weight is 209 g/mol. The maximum absolute atomic E-state index is 5.98. The summed E-state index contributed by atoms with van der Waals surface area (Å²) in [5.41, 5.74) is 1.85. The molecule has 76 valence electrons. The van der Waals surface area contributed by atoms with E-state index in [1.54, 1.807) is 0 Å². The minimum Gasteiger partial charge on any atom is -0.126 e. The highest BCUT2D eigenvalue weighted by Crippen LogP contribution is 2.59. The first-order valence-electron chi connectivity index (χ1n) is 5.33. The molecule has 0 saturated heterocycles. The zero-order chi connectivity index (χ0) is 10.2. The molecule has 2 unspecified atom stereocenters. The third-order valence-electron chi connectivity index (χ3n) is 3.68. The number of rotatable bonds is 3. The molecule has 1 heteroatoms. The Labute approximate surface area is 91.3 Å². The van der Waals surface area contributed by atoms with E-state index in [1.165, 1.54) is 12.0 Å². The van der Waals surface area contributed by atoms with Crippen molar-refractivity contribution in [2.24, 2.45) is 11.8 Å². The van der Waals surface area contributed by atoms with Gasteiger partial charge in [-0.05, 0) is 23.8 Å². The Morgan fingerprint density at radius 3 is 2.43 bits per heavy atom. The van der Waals surface area contributed by atoms with E-state index in [2.05, 4.69) is 44.2 Å². The van der Waals surface area contributed by atoms with Gasteiger partial charge in [-0.3, -0.25) is 0 Å². The van der Waals surface area contributed by atoms with E-state index in [0.29, 0.717) is 17.3 Å². The summed E-state index contributed by atoms with van der Waals surface area (Å²) in [4.78, 5) is 0. The largest absolute Gasteiger partial charge is 0.126 e. The number of alkyl halides is 1. The quantitative estimate of drug-likeness (QED) is 0.663. The molecule has 1 aliphatic carbocycles. The number of hydrogen-bond donors (Lipinski definition) is 0. The summed E-state index contributed by atoms with van der Waals surface area (Å²) in [5, 5.41) is 0. The van der Waals surface area contributed by atoms with Gasteiger partial charge in [-0.15, -0.1) is 11.6 Å². The number of benzene rings is 1. The van der Waals surface area contributed by atoms with Crippen LogP contribution in [-0.4, -0.2) is 5.88 Å². The Balaban J connectivity index is 2.31. The van der Waals surface area contributed by atoms with Crippen LogP contribution in [0.3, 0.4) is 0 Å². The van der Waals surface area contributed by atoms with Gasteiger partial charge in [0.05, 0.1) is 0 Å². The highest BCUT2D eigenvalue weighted by Gasteiger charge is 2.56. The molecule has 0 aromatic heterocycles. The van der Waals surface area contributed by atoms with E-state index < -0.39 is 0 Å². The van der Waals surface area contributed by atoms with Crippen molar-refractivity contribution in [3.8, 4) is 0 Å². The summed E-state index contributed by atoms with van der Waals surface area (Å²) in [6.45, 7) is 4.61. The Morgan fingerprint density at radius 1 is 1.36 bits per heavy atom. The first-order valence-corrected chi connectivity index (χ1v) is 5.86. The minimum atomic E-state index is 0.378. The molecular weight excluding hydrogens is 192 g/mol. The Bertz CT molecular complexity index is 304. The van der Waals surface area contributed by atoms with Crippen LogP contribution in [0.5, 0.6) is 0 Å². The summed E-state index contributed by atoms with van der Waals surface area (Å²) < 4.78 is 0. The zero-order valence-electron chi connectivity index (χ0n) is 8.83. The molecule has 1 aromatic carbocycles. The molecule has 0 heterocycles. The second-order valence-electron chi connectivity index (χ2n) is 4.62. The molecule has 14 heavy (non-hydrogen) atoms. The molecule has 2 atom stereocenters. The molecule has 0 N–H and O–H groups in total. The Hall–Kier alpha value is -0.490. The molecule has 0 radical (unpaired) electrons. The van der Waals surface area contributed by atoms with Crippen LogP contribution in [0.25, 0.3) is 0 Å². The first kappa shape index (κ1) is 10.0. The molecule has 1 aliphatic rings. The van der Waals surface area contributed by atoms with Gasteiger partial charge in [-0.1, -0.05) is 44.2 Å². The van der Waals surface area contributed by atoms with E-state index in [4.69, 9.17) is 11.6 Å². The van der Waals surface area contributed by atoms with E-state index in [1.807, 2.05) is 0 Å². The molecule has 0 nitrogen and oxygen atoms in total. The highest BCUT2D eigenvalue weighted by atomic mass is 35.5. The number of hydrogen-bond acceptors (Lipinski definition) is 0. The predicted octanol–water partition coefficient (Wildman–Crippen LogP) is 3.84. The van der Waals surface area contributed by atoms with E-state index >= 15 is 0 Å². The molecule has 0 aliphatic heterocycles. The average Bonchev–Trinajstić information content (AvgIpc) is 2.94. The molecule has 1 fully saturated rings. The fraction of sp³-hybridized carbons (Fsp3) is 0.538. The topological polar surface area (TPSA) is 0 Å². The Kier molecular flexibility index (Phi) is 2.57. The summed E-state index contributed by atoms with van der Waals surface area (Å²) in [6.07, 6.45) is 1.26. The van der Waals surface area contributed by atoms with Crippen molar-refractivity contribution in [3.63, 3.8) is 0 Å². The molecule has 0 spiro atoms. The minimum absolute atomic E-state index is 0.378. The summed E-state index contributed by atoms with van der Waals surface area (Å²) >= 11 is 5.98. The van der Waals surface area contributed by atoms with Crippen molar-refractivity contribution in [2.45, 2.75) is 25.7 Å². The molecular formula is C13H17Cl. The van der Waals surface area contributed by atoms with Gasteiger partial charge in [0.1, 0.15) is 0 Å². The fourth-order valence-electron chi connectivity index (χ4n) is 2.68. The van der Waals surface area contributed by atoms with Gasteiger partial charge in [0.2, 0.25) is 0 Å². The number of halogens is 1. The second-order valence-corrected chi connectivity index (χ2v) is 4.93. The van der Waals surface area contributed by atoms with Crippen LogP contribution in [0.4, 0.5) is 0 Å². The van der Waals surface area contributed by atoms with E-state index in [0.717, 1.165) is 5.88 Å².